The molecule has 2 aliphatic carbocycles. The molecule has 116 valence electrons. The molecule has 3 nitrogen and oxygen atoms in total. The average molecular weight is 280 g/mol. The van der Waals surface area contributed by atoms with Crippen molar-refractivity contribution < 1.29 is 4.79 Å². The lowest BCUT2D eigenvalue weighted by Gasteiger charge is -2.32. The van der Waals surface area contributed by atoms with Crippen molar-refractivity contribution in [2.24, 2.45) is 5.92 Å². The lowest BCUT2D eigenvalue weighted by atomic mass is 9.96. The van der Waals surface area contributed by atoms with Crippen molar-refractivity contribution in [2.45, 2.75) is 90.1 Å². The van der Waals surface area contributed by atoms with Crippen LogP contribution in [0.25, 0.3) is 0 Å². The van der Waals surface area contributed by atoms with E-state index in [-0.39, 0.29) is 6.03 Å². The van der Waals surface area contributed by atoms with E-state index in [0.717, 1.165) is 13.0 Å². The van der Waals surface area contributed by atoms with Crippen LogP contribution in [0.4, 0.5) is 4.79 Å². The van der Waals surface area contributed by atoms with E-state index >= 15 is 0 Å². The highest BCUT2D eigenvalue weighted by Gasteiger charge is 2.28. The molecule has 0 aromatic carbocycles. The van der Waals surface area contributed by atoms with Gasteiger partial charge in [-0.1, -0.05) is 46.0 Å². The van der Waals surface area contributed by atoms with Crippen LogP contribution in [0.3, 0.4) is 0 Å². The minimum absolute atomic E-state index is 0.212. The average Bonchev–Trinajstić information content (AvgIpc) is 2.93. The molecule has 2 amide bonds. The van der Waals surface area contributed by atoms with Gasteiger partial charge in [0, 0.05) is 18.6 Å². The van der Waals surface area contributed by atoms with Crippen LogP contribution >= 0.6 is 0 Å². The number of nitrogens with zero attached hydrogens (tertiary/aromatic N) is 1. The number of hydrogen-bond acceptors (Lipinski definition) is 1. The molecule has 0 aromatic rings. The van der Waals surface area contributed by atoms with Crippen LogP contribution < -0.4 is 5.32 Å². The summed E-state index contributed by atoms with van der Waals surface area (Å²) in [6, 6.07) is 1.14. The number of carbonyl (C=O) groups excluding carboxylic acids is 1. The van der Waals surface area contributed by atoms with Crippen LogP contribution in [0.15, 0.2) is 0 Å². The highest BCUT2D eigenvalue weighted by molar-refractivity contribution is 5.75. The summed E-state index contributed by atoms with van der Waals surface area (Å²) < 4.78 is 0. The maximum absolute atomic E-state index is 12.6. The number of rotatable bonds is 5. The molecule has 0 spiro atoms. The third-order valence-corrected chi connectivity index (χ3v) is 4.91. The van der Waals surface area contributed by atoms with Crippen LogP contribution in [0.2, 0.25) is 0 Å². The van der Waals surface area contributed by atoms with Gasteiger partial charge in [0.15, 0.2) is 0 Å². The Kier molecular flexibility index (Phi) is 6.18. The smallest absolute Gasteiger partial charge is 0.317 e. The van der Waals surface area contributed by atoms with Crippen LogP contribution in [0, 0.1) is 5.92 Å². The van der Waals surface area contributed by atoms with Crippen LogP contribution in [0.5, 0.6) is 0 Å². The number of urea groups is 1. The van der Waals surface area contributed by atoms with Gasteiger partial charge >= 0.3 is 6.03 Å². The van der Waals surface area contributed by atoms with Crippen LogP contribution in [-0.2, 0) is 0 Å². The van der Waals surface area contributed by atoms with Crippen LogP contribution in [0.1, 0.15) is 78.1 Å². The largest absolute Gasteiger partial charge is 0.335 e. The van der Waals surface area contributed by atoms with Gasteiger partial charge in [0.25, 0.3) is 0 Å². The van der Waals surface area contributed by atoms with E-state index in [1.807, 2.05) is 0 Å². The van der Waals surface area contributed by atoms with Crippen molar-refractivity contribution in [3.05, 3.63) is 0 Å². The molecule has 0 aliphatic heterocycles. The van der Waals surface area contributed by atoms with Gasteiger partial charge < -0.3 is 10.2 Å². The quantitative estimate of drug-likeness (QED) is 0.799. The lowest BCUT2D eigenvalue weighted by Crippen LogP contribution is -2.49. The van der Waals surface area contributed by atoms with E-state index in [9.17, 15) is 4.79 Å². The third kappa shape index (κ3) is 4.68. The summed E-state index contributed by atoms with van der Waals surface area (Å²) in [6.07, 6.45) is 12.4. The summed E-state index contributed by atoms with van der Waals surface area (Å²) in [4.78, 5) is 14.8. The molecule has 2 fully saturated rings. The molecule has 2 aliphatic rings. The minimum atomic E-state index is 0.212. The Labute approximate surface area is 124 Å². The molecule has 3 heteroatoms. The molecule has 20 heavy (non-hydrogen) atoms. The fourth-order valence-electron chi connectivity index (χ4n) is 3.57. The van der Waals surface area contributed by atoms with Crippen molar-refractivity contribution in [3.63, 3.8) is 0 Å². The summed E-state index contributed by atoms with van der Waals surface area (Å²) in [5.41, 5.74) is 0. The second kappa shape index (κ2) is 7.90. The van der Waals surface area contributed by atoms with Gasteiger partial charge in [-0.3, -0.25) is 0 Å². The summed E-state index contributed by atoms with van der Waals surface area (Å²) in [6.45, 7) is 5.42. The summed E-state index contributed by atoms with van der Waals surface area (Å²) in [7, 11) is 0. The fraction of sp³-hybridized carbons (Fsp3) is 0.941. The topological polar surface area (TPSA) is 32.3 Å². The minimum Gasteiger partial charge on any atom is -0.335 e. The molecule has 0 saturated heterocycles. The standard InChI is InChI=1S/C17H32N2O/c1-14(2)12-13-19(16-10-6-7-11-16)17(20)18-15-8-4-3-5-9-15/h14-16H,3-13H2,1-2H3,(H,18,20). The van der Waals surface area contributed by atoms with Crippen molar-refractivity contribution in [2.75, 3.05) is 6.54 Å². The number of carbonyl (C=O) groups is 1. The molecule has 0 unspecified atom stereocenters. The van der Waals surface area contributed by atoms with Crippen molar-refractivity contribution in [1.82, 2.24) is 10.2 Å². The molecule has 2 saturated carbocycles. The monoisotopic (exact) mass is 280 g/mol. The van der Waals surface area contributed by atoms with Gasteiger partial charge in [0.2, 0.25) is 0 Å². The Morgan fingerprint density at radius 2 is 1.65 bits per heavy atom. The number of nitrogens with one attached hydrogen (secondary N) is 1. The Morgan fingerprint density at radius 1 is 1.05 bits per heavy atom. The maximum atomic E-state index is 12.6. The molecule has 0 heterocycles. The zero-order valence-electron chi connectivity index (χ0n) is 13.4. The van der Waals surface area contributed by atoms with Crippen molar-refractivity contribution in [1.29, 1.82) is 0 Å². The SMILES string of the molecule is CC(C)CCN(C(=O)NC1CCCCC1)C1CCCC1. The zero-order chi connectivity index (χ0) is 14.4. The van der Waals surface area contributed by atoms with E-state index in [0.29, 0.717) is 18.0 Å². The maximum Gasteiger partial charge on any atom is 0.317 e. The molecule has 0 aromatic heterocycles. The van der Waals surface area contributed by atoms with Crippen LogP contribution in [-0.4, -0.2) is 29.6 Å². The molecule has 0 bridgehead atoms. The van der Waals surface area contributed by atoms with Gasteiger partial charge in [-0.05, 0) is 38.0 Å². The molecule has 0 radical (unpaired) electrons. The van der Waals surface area contributed by atoms with Crippen molar-refractivity contribution in [3.8, 4) is 0 Å². The van der Waals surface area contributed by atoms with E-state index in [4.69, 9.17) is 0 Å². The zero-order valence-corrected chi connectivity index (χ0v) is 13.4. The predicted molar refractivity (Wildman–Crippen MR) is 83.8 cm³/mol. The second-order valence-corrected chi connectivity index (χ2v) is 7.10. The first kappa shape index (κ1) is 15.7. The first-order valence-corrected chi connectivity index (χ1v) is 8.74. The summed E-state index contributed by atoms with van der Waals surface area (Å²) in [5, 5.41) is 3.31. The Hall–Kier alpha value is -0.730. The second-order valence-electron chi connectivity index (χ2n) is 7.10. The molecular formula is C17H32N2O. The normalized spacial score (nSPS) is 21.4. The molecule has 2 rings (SSSR count). The van der Waals surface area contributed by atoms with Gasteiger partial charge in [-0.15, -0.1) is 0 Å². The number of hydrogen-bond donors (Lipinski definition) is 1. The predicted octanol–water partition coefficient (Wildman–Crippen LogP) is 4.32. The van der Waals surface area contributed by atoms with Gasteiger partial charge in [-0.2, -0.15) is 0 Å². The Bertz CT molecular complexity index is 291. The summed E-state index contributed by atoms with van der Waals surface area (Å²) >= 11 is 0. The fourth-order valence-corrected chi connectivity index (χ4v) is 3.57. The lowest BCUT2D eigenvalue weighted by molar-refractivity contribution is 0.164. The number of amides is 2. The van der Waals surface area contributed by atoms with Gasteiger partial charge in [-0.25, -0.2) is 4.79 Å². The van der Waals surface area contributed by atoms with Gasteiger partial charge in [0.1, 0.15) is 0 Å². The molecular weight excluding hydrogens is 248 g/mol. The van der Waals surface area contributed by atoms with E-state index in [2.05, 4.69) is 24.1 Å². The first-order chi connectivity index (χ1) is 9.66. The summed E-state index contributed by atoms with van der Waals surface area (Å²) in [5.74, 6) is 0.668. The molecule has 0 atom stereocenters. The highest BCUT2D eigenvalue weighted by Crippen LogP contribution is 2.25. The highest BCUT2D eigenvalue weighted by atomic mass is 16.2. The third-order valence-electron chi connectivity index (χ3n) is 4.91. The van der Waals surface area contributed by atoms with Crippen molar-refractivity contribution >= 4 is 6.03 Å². The molecule has 1 N–H and O–H groups in total. The Morgan fingerprint density at radius 3 is 2.25 bits per heavy atom. The van der Waals surface area contributed by atoms with E-state index < -0.39 is 0 Å². The van der Waals surface area contributed by atoms with Gasteiger partial charge in [0.05, 0.1) is 0 Å². The Balaban J connectivity index is 1.87. The van der Waals surface area contributed by atoms with E-state index in [1.165, 1.54) is 57.8 Å². The first-order valence-electron chi connectivity index (χ1n) is 8.74. The van der Waals surface area contributed by atoms with E-state index in [1.54, 1.807) is 0 Å².